The number of aliphatic hydroxyl groups is 1. The van der Waals surface area contributed by atoms with Gasteiger partial charge < -0.3 is 25.2 Å². The number of aliphatic hydroxyl groups excluding tert-OH is 1. The first-order valence-corrected chi connectivity index (χ1v) is 10.2. The molecule has 0 aliphatic carbocycles. The Hall–Kier alpha value is -2.73. The molecule has 0 atom stereocenters. The first kappa shape index (κ1) is 22.6. The summed E-state index contributed by atoms with van der Waals surface area (Å²) < 4.78 is 11.0. The van der Waals surface area contributed by atoms with Gasteiger partial charge in [0, 0.05) is 13.1 Å². The molecule has 0 spiro atoms. The first-order chi connectivity index (χ1) is 14.2. The van der Waals surface area contributed by atoms with E-state index in [4.69, 9.17) is 9.47 Å². The van der Waals surface area contributed by atoms with Crippen LogP contribution in [0, 0.1) is 0 Å². The SMILES string of the molecule is CCNC(=NCc1ccccc1CO)NCCCc1ccc(OC)c(OCC)c1. The van der Waals surface area contributed by atoms with Crippen molar-refractivity contribution in [1.82, 2.24) is 10.6 Å². The van der Waals surface area contributed by atoms with Gasteiger partial charge in [-0.3, -0.25) is 0 Å². The molecule has 29 heavy (non-hydrogen) atoms. The molecule has 0 saturated carbocycles. The zero-order chi connectivity index (χ0) is 20.9. The molecule has 0 amide bonds. The number of benzene rings is 2. The predicted octanol–water partition coefficient (Wildman–Crippen LogP) is 3.27. The maximum absolute atomic E-state index is 9.46. The molecule has 6 heteroatoms. The summed E-state index contributed by atoms with van der Waals surface area (Å²) in [4.78, 5) is 4.64. The Kier molecular flexibility index (Phi) is 9.86. The Morgan fingerprint density at radius 1 is 1.03 bits per heavy atom. The molecule has 0 heterocycles. The highest BCUT2D eigenvalue weighted by Crippen LogP contribution is 2.28. The molecule has 0 aromatic heterocycles. The minimum absolute atomic E-state index is 0.0290. The van der Waals surface area contributed by atoms with Gasteiger partial charge in [0.1, 0.15) is 0 Å². The molecule has 0 aliphatic rings. The topological polar surface area (TPSA) is 75.1 Å². The van der Waals surface area contributed by atoms with Crippen LogP contribution in [0.5, 0.6) is 11.5 Å². The summed E-state index contributed by atoms with van der Waals surface area (Å²) in [5.74, 6) is 2.33. The minimum atomic E-state index is 0.0290. The monoisotopic (exact) mass is 399 g/mol. The Balaban J connectivity index is 1.88. The van der Waals surface area contributed by atoms with Crippen LogP contribution in [0.3, 0.4) is 0 Å². The maximum atomic E-state index is 9.46. The van der Waals surface area contributed by atoms with Gasteiger partial charge in [0.25, 0.3) is 0 Å². The maximum Gasteiger partial charge on any atom is 0.191 e. The lowest BCUT2D eigenvalue weighted by atomic mass is 10.1. The first-order valence-electron chi connectivity index (χ1n) is 10.2. The zero-order valence-electron chi connectivity index (χ0n) is 17.7. The van der Waals surface area contributed by atoms with E-state index in [1.165, 1.54) is 5.56 Å². The van der Waals surface area contributed by atoms with Crippen molar-refractivity contribution in [2.24, 2.45) is 4.99 Å². The predicted molar refractivity (Wildman–Crippen MR) is 118 cm³/mol. The molecule has 2 aromatic carbocycles. The van der Waals surface area contributed by atoms with E-state index in [1.807, 2.05) is 50.2 Å². The number of rotatable bonds is 11. The number of aliphatic imine (C=N–C) groups is 1. The third-order valence-corrected chi connectivity index (χ3v) is 4.50. The summed E-state index contributed by atoms with van der Waals surface area (Å²) in [5, 5.41) is 16.1. The van der Waals surface area contributed by atoms with E-state index >= 15 is 0 Å². The average Bonchev–Trinajstić information content (AvgIpc) is 2.75. The zero-order valence-corrected chi connectivity index (χ0v) is 17.7. The summed E-state index contributed by atoms with van der Waals surface area (Å²) in [6, 6.07) is 13.9. The van der Waals surface area contributed by atoms with Crippen molar-refractivity contribution in [3.8, 4) is 11.5 Å². The number of hydrogen-bond acceptors (Lipinski definition) is 4. The number of nitrogens with one attached hydrogen (secondary N) is 2. The quantitative estimate of drug-likeness (QED) is 0.307. The molecule has 0 aliphatic heterocycles. The Morgan fingerprint density at radius 3 is 2.52 bits per heavy atom. The molecule has 0 saturated heterocycles. The molecular weight excluding hydrogens is 366 g/mol. The number of aryl methyl sites for hydroxylation is 1. The van der Waals surface area contributed by atoms with Crippen LogP contribution in [0.4, 0.5) is 0 Å². The van der Waals surface area contributed by atoms with Crippen LogP contribution in [0.1, 0.15) is 37.0 Å². The van der Waals surface area contributed by atoms with Crippen LogP contribution in [-0.2, 0) is 19.6 Å². The second kappa shape index (κ2) is 12.7. The third-order valence-electron chi connectivity index (χ3n) is 4.50. The van der Waals surface area contributed by atoms with Crippen LogP contribution >= 0.6 is 0 Å². The summed E-state index contributed by atoms with van der Waals surface area (Å²) in [5.41, 5.74) is 3.17. The van der Waals surface area contributed by atoms with Crippen molar-refractivity contribution in [2.75, 3.05) is 26.8 Å². The summed E-state index contributed by atoms with van der Waals surface area (Å²) in [7, 11) is 1.65. The summed E-state index contributed by atoms with van der Waals surface area (Å²) >= 11 is 0. The smallest absolute Gasteiger partial charge is 0.191 e. The van der Waals surface area contributed by atoms with Gasteiger partial charge in [-0.2, -0.15) is 0 Å². The van der Waals surface area contributed by atoms with E-state index in [0.717, 1.165) is 54.5 Å². The highest BCUT2D eigenvalue weighted by molar-refractivity contribution is 5.79. The van der Waals surface area contributed by atoms with Crippen LogP contribution in [-0.4, -0.2) is 37.9 Å². The fraction of sp³-hybridized carbons (Fsp3) is 0.435. The van der Waals surface area contributed by atoms with Crippen molar-refractivity contribution in [1.29, 1.82) is 0 Å². The van der Waals surface area contributed by atoms with Crippen molar-refractivity contribution in [2.45, 2.75) is 39.8 Å². The number of guanidine groups is 1. The summed E-state index contributed by atoms with van der Waals surface area (Å²) in [6.45, 7) is 6.79. The Bertz CT molecular complexity index is 778. The van der Waals surface area contributed by atoms with Gasteiger partial charge >= 0.3 is 0 Å². The molecule has 2 rings (SSSR count). The lowest BCUT2D eigenvalue weighted by Crippen LogP contribution is -2.37. The fourth-order valence-electron chi connectivity index (χ4n) is 3.02. The van der Waals surface area contributed by atoms with Crippen LogP contribution in [0.15, 0.2) is 47.5 Å². The van der Waals surface area contributed by atoms with Crippen molar-refractivity contribution < 1.29 is 14.6 Å². The van der Waals surface area contributed by atoms with Gasteiger partial charge in [-0.1, -0.05) is 30.3 Å². The largest absolute Gasteiger partial charge is 0.493 e. The van der Waals surface area contributed by atoms with Crippen LogP contribution < -0.4 is 20.1 Å². The molecule has 0 unspecified atom stereocenters. The molecule has 3 N–H and O–H groups in total. The molecular formula is C23H33N3O3. The highest BCUT2D eigenvalue weighted by atomic mass is 16.5. The second-order valence-electron chi connectivity index (χ2n) is 6.57. The Labute approximate surface area is 174 Å². The standard InChI is InChI=1S/C23H33N3O3/c1-4-24-23(26-16-19-10-6-7-11-20(19)17-27)25-14-8-9-18-12-13-21(28-3)22(15-18)29-5-2/h6-7,10-13,15,27H,4-5,8-9,14,16-17H2,1-3H3,(H2,24,25,26). The molecule has 2 aromatic rings. The van der Waals surface area contributed by atoms with Gasteiger partial charge in [0.15, 0.2) is 17.5 Å². The van der Waals surface area contributed by atoms with Crippen molar-refractivity contribution >= 4 is 5.96 Å². The van der Waals surface area contributed by atoms with Crippen LogP contribution in [0.25, 0.3) is 0 Å². The number of methoxy groups -OCH3 is 1. The molecule has 0 fully saturated rings. The lowest BCUT2D eigenvalue weighted by molar-refractivity contribution is 0.280. The summed E-state index contributed by atoms with van der Waals surface area (Å²) in [6.07, 6.45) is 1.90. The van der Waals surface area contributed by atoms with Crippen molar-refractivity contribution in [3.63, 3.8) is 0 Å². The van der Waals surface area contributed by atoms with E-state index in [1.54, 1.807) is 7.11 Å². The molecule has 0 bridgehead atoms. The molecule has 6 nitrogen and oxygen atoms in total. The number of hydrogen-bond donors (Lipinski definition) is 3. The van der Waals surface area contributed by atoms with Gasteiger partial charge in [0.05, 0.1) is 26.9 Å². The average molecular weight is 400 g/mol. The second-order valence-corrected chi connectivity index (χ2v) is 6.57. The molecule has 158 valence electrons. The number of nitrogens with zero attached hydrogens (tertiary/aromatic N) is 1. The minimum Gasteiger partial charge on any atom is -0.493 e. The van der Waals surface area contributed by atoms with E-state index < -0.39 is 0 Å². The van der Waals surface area contributed by atoms with Gasteiger partial charge in [-0.15, -0.1) is 0 Å². The highest BCUT2D eigenvalue weighted by Gasteiger charge is 2.06. The lowest BCUT2D eigenvalue weighted by Gasteiger charge is -2.13. The Morgan fingerprint density at radius 2 is 1.83 bits per heavy atom. The van der Waals surface area contributed by atoms with Crippen molar-refractivity contribution in [3.05, 3.63) is 59.2 Å². The molecule has 0 radical (unpaired) electrons. The van der Waals surface area contributed by atoms with E-state index in [0.29, 0.717) is 13.2 Å². The van der Waals surface area contributed by atoms with Gasteiger partial charge in [-0.05, 0) is 55.5 Å². The fourth-order valence-corrected chi connectivity index (χ4v) is 3.02. The number of ether oxygens (including phenoxy) is 2. The normalized spacial score (nSPS) is 11.2. The van der Waals surface area contributed by atoms with Crippen LogP contribution in [0.2, 0.25) is 0 Å². The van der Waals surface area contributed by atoms with E-state index in [9.17, 15) is 5.11 Å². The van der Waals surface area contributed by atoms with Gasteiger partial charge in [-0.25, -0.2) is 4.99 Å². The van der Waals surface area contributed by atoms with E-state index in [-0.39, 0.29) is 6.61 Å². The third kappa shape index (κ3) is 7.31. The van der Waals surface area contributed by atoms with Gasteiger partial charge in [0.2, 0.25) is 0 Å². The van der Waals surface area contributed by atoms with E-state index in [2.05, 4.69) is 21.7 Å².